The Labute approximate surface area is 136 Å². The lowest BCUT2D eigenvalue weighted by molar-refractivity contribution is -0.160. The zero-order chi connectivity index (χ0) is 16.2. The van der Waals surface area contributed by atoms with Gasteiger partial charge in [0.15, 0.2) is 0 Å². The van der Waals surface area contributed by atoms with Crippen LogP contribution in [0, 0.1) is 34.5 Å². The lowest BCUT2D eigenvalue weighted by Crippen LogP contribution is -2.47. The summed E-state index contributed by atoms with van der Waals surface area (Å²) in [6.45, 7) is 6.22. The molecule has 5 fully saturated rings. The lowest BCUT2D eigenvalue weighted by atomic mass is 9.60. The van der Waals surface area contributed by atoms with Gasteiger partial charge in [-0.25, -0.2) is 0 Å². The van der Waals surface area contributed by atoms with Gasteiger partial charge in [0.05, 0.1) is 11.3 Å². The highest BCUT2D eigenvalue weighted by Gasteiger charge is 2.81. The molecule has 4 bridgehead atoms. The normalized spacial score (nSPS) is 56.2. The number of hydrogen-bond acceptors (Lipinski definition) is 3. The van der Waals surface area contributed by atoms with Crippen molar-refractivity contribution in [3.8, 4) is 0 Å². The van der Waals surface area contributed by atoms with Crippen LogP contribution in [0.1, 0.15) is 51.9 Å². The highest BCUT2D eigenvalue weighted by atomic mass is 16.6. The number of allylic oxidation sites excluding steroid dienone is 1. The van der Waals surface area contributed by atoms with Gasteiger partial charge in [-0.1, -0.05) is 12.2 Å². The van der Waals surface area contributed by atoms with E-state index in [0.29, 0.717) is 5.92 Å². The van der Waals surface area contributed by atoms with Crippen LogP contribution in [-0.2, 0) is 14.3 Å². The Kier molecular flexibility index (Phi) is 2.35. The SMILES string of the molecule is C=C1CC23C[C@H]1CC[C@H]2[C@@]12CCC[C@](C)(C(=O)O1)[C@H]2[C@@H]3C(=O)O. The molecule has 7 atom stereocenters. The van der Waals surface area contributed by atoms with Gasteiger partial charge < -0.3 is 9.84 Å². The van der Waals surface area contributed by atoms with E-state index >= 15 is 0 Å². The molecule has 0 radical (unpaired) electrons. The number of ether oxygens (including phenoxy) is 1. The summed E-state index contributed by atoms with van der Waals surface area (Å²) in [5, 5.41) is 10.2. The maximum Gasteiger partial charge on any atom is 0.312 e. The number of esters is 1. The van der Waals surface area contributed by atoms with Crippen LogP contribution < -0.4 is 0 Å². The monoisotopic (exact) mass is 316 g/mol. The van der Waals surface area contributed by atoms with E-state index in [1.165, 1.54) is 5.57 Å². The molecule has 0 aromatic rings. The van der Waals surface area contributed by atoms with Gasteiger partial charge in [-0.15, -0.1) is 0 Å². The van der Waals surface area contributed by atoms with Gasteiger partial charge in [0.2, 0.25) is 0 Å². The highest BCUT2D eigenvalue weighted by Crippen LogP contribution is 2.77. The molecule has 1 spiro atoms. The van der Waals surface area contributed by atoms with Crippen molar-refractivity contribution < 1.29 is 19.4 Å². The van der Waals surface area contributed by atoms with E-state index in [1.807, 2.05) is 6.92 Å². The third-order valence-corrected chi connectivity index (χ3v) is 8.29. The minimum Gasteiger partial charge on any atom is -0.481 e. The van der Waals surface area contributed by atoms with Crippen LogP contribution in [0.4, 0.5) is 0 Å². The van der Waals surface area contributed by atoms with Crippen LogP contribution >= 0.6 is 0 Å². The van der Waals surface area contributed by atoms with E-state index in [4.69, 9.17) is 4.74 Å². The molecule has 5 aliphatic rings. The second-order valence-electron chi connectivity index (χ2n) is 9.01. The predicted octanol–water partition coefficient (Wildman–Crippen LogP) is 3.17. The zero-order valence-corrected chi connectivity index (χ0v) is 13.6. The second-order valence-corrected chi connectivity index (χ2v) is 9.01. The van der Waals surface area contributed by atoms with E-state index in [0.717, 1.165) is 44.9 Å². The summed E-state index contributed by atoms with van der Waals surface area (Å²) in [7, 11) is 0. The summed E-state index contributed by atoms with van der Waals surface area (Å²) in [6, 6.07) is 0. The summed E-state index contributed by atoms with van der Waals surface area (Å²) in [6.07, 6.45) is 6.45. The predicted molar refractivity (Wildman–Crippen MR) is 82.4 cm³/mol. The minimum atomic E-state index is -0.719. The Morgan fingerprint density at radius 2 is 2.13 bits per heavy atom. The molecule has 1 N–H and O–H groups in total. The van der Waals surface area contributed by atoms with E-state index in [2.05, 4.69) is 6.58 Å². The van der Waals surface area contributed by atoms with Crippen molar-refractivity contribution in [2.45, 2.75) is 57.5 Å². The first-order valence-electron chi connectivity index (χ1n) is 8.99. The smallest absolute Gasteiger partial charge is 0.312 e. The Balaban J connectivity index is 1.75. The number of rotatable bonds is 1. The second kappa shape index (κ2) is 3.84. The van der Waals surface area contributed by atoms with Crippen LogP contribution in [0.3, 0.4) is 0 Å². The van der Waals surface area contributed by atoms with Gasteiger partial charge in [-0.3, -0.25) is 9.59 Å². The average Bonchev–Trinajstić information content (AvgIpc) is 2.92. The molecule has 4 heteroatoms. The topological polar surface area (TPSA) is 63.6 Å². The number of carboxylic acids is 1. The van der Waals surface area contributed by atoms with Crippen LogP contribution in [0.25, 0.3) is 0 Å². The first-order valence-corrected chi connectivity index (χ1v) is 8.99. The van der Waals surface area contributed by atoms with E-state index in [-0.39, 0.29) is 23.2 Å². The van der Waals surface area contributed by atoms with Crippen molar-refractivity contribution in [2.75, 3.05) is 0 Å². The van der Waals surface area contributed by atoms with E-state index in [9.17, 15) is 14.7 Å². The number of carbonyl (C=O) groups is 2. The Morgan fingerprint density at radius 1 is 1.35 bits per heavy atom. The molecule has 0 aromatic carbocycles. The first kappa shape index (κ1) is 14.1. The summed E-state index contributed by atoms with van der Waals surface area (Å²) < 4.78 is 6.10. The number of carboxylic acid groups (broad SMARTS) is 1. The molecule has 4 nitrogen and oxygen atoms in total. The lowest BCUT2D eigenvalue weighted by Gasteiger charge is -2.43. The van der Waals surface area contributed by atoms with Gasteiger partial charge in [-0.2, -0.15) is 0 Å². The van der Waals surface area contributed by atoms with Crippen LogP contribution in [-0.4, -0.2) is 22.6 Å². The average molecular weight is 316 g/mol. The van der Waals surface area contributed by atoms with Gasteiger partial charge in [0.1, 0.15) is 5.60 Å². The van der Waals surface area contributed by atoms with Gasteiger partial charge in [0.25, 0.3) is 0 Å². The van der Waals surface area contributed by atoms with Crippen LogP contribution in [0.2, 0.25) is 0 Å². The van der Waals surface area contributed by atoms with E-state index < -0.39 is 22.9 Å². The number of carbonyl (C=O) groups excluding carboxylic acids is 1. The summed E-state index contributed by atoms with van der Waals surface area (Å²) in [5.74, 6) is -0.771. The van der Waals surface area contributed by atoms with Gasteiger partial charge in [-0.05, 0) is 63.2 Å². The minimum absolute atomic E-state index is 0.139. The Hall–Kier alpha value is -1.32. The molecule has 23 heavy (non-hydrogen) atoms. The van der Waals surface area contributed by atoms with Crippen LogP contribution in [0.15, 0.2) is 12.2 Å². The van der Waals surface area contributed by atoms with Crippen molar-refractivity contribution >= 4 is 11.9 Å². The molecule has 1 aliphatic heterocycles. The van der Waals surface area contributed by atoms with Gasteiger partial charge in [0, 0.05) is 11.8 Å². The fourth-order valence-electron chi connectivity index (χ4n) is 7.70. The van der Waals surface area contributed by atoms with Crippen molar-refractivity contribution in [1.29, 1.82) is 0 Å². The third kappa shape index (κ3) is 1.29. The fourth-order valence-corrected chi connectivity index (χ4v) is 7.70. The number of fused-ring (bicyclic) bond motifs is 1. The maximum atomic E-state index is 12.7. The molecule has 124 valence electrons. The standard InChI is InChI=1S/C19H24O4/c1-10-8-18-9-11(10)4-5-12(18)19-7-3-6-17(2,16(22)23-19)14(19)13(18)15(20)21/h11-14H,1,3-9H2,2H3,(H,20,21)/t11-,12-,13-,14-,17+,18?,19-/m1/s1. The van der Waals surface area contributed by atoms with Crippen molar-refractivity contribution in [1.82, 2.24) is 0 Å². The quantitative estimate of drug-likeness (QED) is 0.596. The fraction of sp³-hybridized carbons (Fsp3) is 0.789. The number of hydrogen-bond donors (Lipinski definition) is 1. The van der Waals surface area contributed by atoms with Crippen LogP contribution in [0.5, 0.6) is 0 Å². The molecular formula is C19H24O4. The molecule has 4 saturated carbocycles. The number of aliphatic carboxylic acids is 1. The Morgan fingerprint density at radius 3 is 2.87 bits per heavy atom. The molecule has 4 aliphatic carbocycles. The van der Waals surface area contributed by atoms with Crippen molar-refractivity contribution in [3.05, 3.63) is 12.2 Å². The summed E-state index contributed by atoms with van der Waals surface area (Å²) >= 11 is 0. The molecule has 1 saturated heterocycles. The zero-order valence-electron chi connectivity index (χ0n) is 13.6. The largest absolute Gasteiger partial charge is 0.481 e. The Bertz CT molecular complexity index is 654. The molecule has 1 unspecified atom stereocenters. The molecule has 1 heterocycles. The first-order chi connectivity index (χ1) is 10.9. The molecule has 0 amide bonds. The van der Waals surface area contributed by atoms with Crippen molar-refractivity contribution in [3.63, 3.8) is 0 Å². The maximum absolute atomic E-state index is 12.7. The van der Waals surface area contributed by atoms with Gasteiger partial charge >= 0.3 is 11.9 Å². The summed E-state index contributed by atoms with van der Waals surface area (Å²) in [4.78, 5) is 25.0. The molecular weight excluding hydrogens is 292 g/mol. The molecule has 0 aromatic heterocycles. The van der Waals surface area contributed by atoms with E-state index in [1.54, 1.807) is 0 Å². The summed E-state index contributed by atoms with van der Waals surface area (Å²) in [5.41, 5.74) is -0.0978. The van der Waals surface area contributed by atoms with Crippen molar-refractivity contribution in [2.24, 2.45) is 34.5 Å². The molecule has 5 rings (SSSR count). The highest BCUT2D eigenvalue weighted by molar-refractivity contribution is 5.84. The third-order valence-electron chi connectivity index (χ3n) is 8.29.